The van der Waals surface area contributed by atoms with Gasteiger partial charge in [0.25, 0.3) is 0 Å². The van der Waals surface area contributed by atoms with Crippen molar-refractivity contribution in [1.29, 1.82) is 0 Å². The van der Waals surface area contributed by atoms with Crippen molar-refractivity contribution in [3.8, 4) is 0 Å². The van der Waals surface area contributed by atoms with Crippen LogP contribution in [0, 0.1) is 0 Å². The first-order valence-corrected chi connectivity index (χ1v) is 4.38. The van der Waals surface area contributed by atoms with Gasteiger partial charge in [-0.15, -0.1) is 0 Å². The SMILES string of the molecule is C1=C(c2ccsc2)NCC1. The second-order valence-electron chi connectivity index (χ2n) is 2.35. The van der Waals surface area contributed by atoms with Crippen LogP contribution in [0.5, 0.6) is 0 Å². The Hall–Kier alpha value is -0.760. The third-order valence-electron chi connectivity index (χ3n) is 1.64. The second-order valence-corrected chi connectivity index (χ2v) is 3.13. The molecule has 0 spiro atoms. The van der Waals surface area contributed by atoms with E-state index in [9.17, 15) is 0 Å². The van der Waals surface area contributed by atoms with Crippen molar-refractivity contribution in [1.82, 2.24) is 5.32 Å². The Kier molecular flexibility index (Phi) is 1.47. The van der Waals surface area contributed by atoms with Gasteiger partial charge in [-0.25, -0.2) is 0 Å². The lowest BCUT2D eigenvalue weighted by Gasteiger charge is -1.98. The zero-order chi connectivity index (χ0) is 6.81. The molecule has 2 rings (SSSR count). The fourth-order valence-electron chi connectivity index (χ4n) is 1.13. The lowest BCUT2D eigenvalue weighted by molar-refractivity contribution is 0.928. The minimum Gasteiger partial charge on any atom is -0.384 e. The van der Waals surface area contributed by atoms with E-state index in [2.05, 4.69) is 28.2 Å². The highest BCUT2D eigenvalue weighted by Gasteiger charge is 2.04. The van der Waals surface area contributed by atoms with Crippen LogP contribution < -0.4 is 5.32 Å². The normalized spacial score (nSPS) is 16.6. The zero-order valence-electron chi connectivity index (χ0n) is 5.63. The van der Waals surface area contributed by atoms with Crippen molar-refractivity contribution < 1.29 is 0 Å². The van der Waals surface area contributed by atoms with Gasteiger partial charge in [0.1, 0.15) is 0 Å². The minimum atomic E-state index is 1.10. The summed E-state index contributed by atoms with van der Waals surface area (Å²) in [5.74, 6) is 0. The molecule has 2 heterocycles. The maximum atomic E-state index is 3.33. The van der Waals surface area contributed by atoms with Crippen LogP contribution >= 0.6 is 11.3 Å². The summed E-state index contributed by atoms with van der Waals surface area (Å²) < 4.78 is 0. The predicted octanol–water partition coefficient (Wildman–Crippen LogP) is 2.08. The average Bonchev–Trinajstić information content (AvgIpc) is 2.59. The molecule has 1 N–H and O–H groups in total. The van der Waals surface area contributed by atoms with Gasteiger partial charge in [0.15, 0.2) is 0 Å². The first-order chi connectivity index (χ1) is 4.97. The summed E-state index contributed by atoms with van der Waals surface area (Å²) >= 11 is 1.75. The molecule has 0 radical (unpaired) electrons. The van der Waals surface area contributed by atoms with Gasteiger partial charge in [-0.1, -0.05) is 6.08 Å². The van der Waals surface area contributed by atoms with E-state index >= 15 is 0 Å². The monoisotopic (exact) mass is 151 g/mol. The lowest BCUT2D eigenvalue weighted by Crippen LogP contribution is -2.04. The Morgan fingerprint density at radius 2 is 2.50 bits per heavy atom. The van der Waals surface area contributed by atoms with Gasteiger partial charge >= 0.3 is 0 Å². The van der Waals surface area contributed by atoms with Gasteiger partial charge in [-0.05, 0) is 23.2 Å². The molecule has 1 aliphatic heterocycles. The molecule has 1 aliphatic rings. The van der Waals surface area contributed by atoms with Gasteiger partial charge in [0.2, 0.25) is 0 Å². The van der Waals surface area contributed by atoms with Gasteiger partial charge in [0, 0.05) is 17.8 Å². The topological polar surface area (TPSA) is 12.0 Å². The number of thiophene rings is 1. The maximum Gasteiger partial charge on any atom is 0.0382 e. The Balaban J connectivity index is 2.28. The molecular weight excluding hydrogens is 142 g/mol. The number of hydrogen-bond acceptors (Lipinski definition) is 2. The molecule has 1 aromatic rings. The minimum absolute atomic E-state index is 1.10. The second kappa shape index (κ2) is 2.46. The fourth-order valence-corrected chi connectivity index (χ4v) is 1.79. The molecule has 0 saturated carbocycles. The summed E-state index contributed by atoms with van der Waals surface area (Å²) in [5, 5.41) is 7.60. The quantitative estimate of drug-likeness (QED) is 0.648. The van der Waals surface area contributed by atoms with Crippen LogP contribution in [0.3, 0.4) is 0 Å². The smallest absolute Gasteiger partial charge is 0.0382 e. The number of hydrogen-bond donors (Lipinski definition) is 1. The molecule has 0 amide bonds. The van der Waals surface area contributed by atoms with Gasteiger partial charge in [-0.3, -0.25) is 0 Å². The third-order valence-corrected chi connectivity index (χ3v) is 2.32. The van der Waals surface area contributed by atoms with E-state index < -0.39 is 0 Å². The molecule has 0 bridgehead atoms. The van der Waals surface area contributed by atoms with Crippen LogP contribution in [0.15, 0.2) is 22.9 Å². The molecule has 1 aromatic heterocycles. The fraction of sp³-hybridized carbons (Fsp3) is 0.250. The summed E-state index contributed by atoms with van der Waals surface area (Å²) in [6.07, 6.45) is 3.42. The third kappa shape index (κ3) is 0.948. The van der Waals surface area contributed by atoms with Crippen molar-refractivity contribution in [2.45, 2.75) is 6.42 Å². The van der Waals surface area contributed by atoms with Crippen molar-refractivity contribution in [3.05, 3.63) is 28.5 Å². The summed E-state index contributed by atoms with van der Waals surface area (Å²) in [7, 11) is 0. The molecule has 0 aliphatic carbocycles. The van der Waals surface area contributed by atoms with Crippen LogP contribution in [-0.4, -0.2) is 6.54 Å². The van der Waals surface area contributed by atoms with Crippen LogP contribution in [0.1, 0.15) is 12.0 Å². The predicted molar refractivity (Wildman–Crippen MR) is 44.9 cm³/mol. The summed E-state index contributed by atoms with van der Waals surface area (Å²) in [6, 6.07) is 2.15. The van der Waals surface area contributed by atoms with E-state index in [0.29, 0.717) is 0 Å². The highest BCUT2D eigenvalue weighted by Crippen LogP contribution is 2.18. The van der Waals surface area contributed by atoms with Gasteiger partial charge < -0.3 is 5.32 Å². The average molecular weight is 151 g/mol. The molecule has 0 fully saturated rings. The number of rotatable bonds is 1. The molecule has 0 unspecified atom stereocenters. The van der Waals surface area contributed by atoms with E-state index in [-0.39, 0.29) is 0 Å². The Morgan fingerprint density at radius 1 is 1.50 bits per heavy atom. The van der Waals surface area contributed by atoms with E-state index in [4.69, 9.17) is 0 Å². The first-order valence-electron chi connectivity index (χ1n) is 3.43. The molecule has 0 aromatic carbocycles. The van der Waals surface area contributed by atoms with Crippen LogP contribution in [-0.2, 0) is 0 Å². The summed E-state index contributed by atoms with van der Waals surface area (Å²) in [6.45, 7) is 1.10. The van der Waals surface area contributed by atoms with Crippen molar-refractivity contribution in [3.63, 3.8) is 0 Å². The van der Waals surface area contributed by atoms with Crippen molar-refractivity contribution in [2.75, 3.05) is 6.54 Å². The van der Waals surface area contributed by atoms with Gasteiger partial charge in [-0.2, -0.15) is 11.3 Å². The van der Waals surface area contributed by atoms with E-state index in [1.54, 1.807) is 11.3 Å². The molecule has 1 nitrogen and oxygen atoms in total. The highest BCUT2D eigenvalue weighted by atomic mass is 32.1. The standard InChI is InChI=1S/C8H9NS/c1-2-8(9-4-1)7-3-5-10-6-7/h2-3,5-6,9H,1,4H2. The molecule has 0 atom stereocenters. The maximum absolute atomic E-state index is 3.33. The van der Waals surface area contributed by atoms with Crippen molar-refractivity contribution >= 4 is 17.0 Å². The molecule has 0 saturated heterocycles. The number of nitrogens with one attached hydrogen (secondary N) is 1. The molecule has 52 valence electrons. The van der Waals surface area contributed by atoms with E-state index in [0.717, 1.165) is 6.54 Å². The Labute approximate surface area is 64.4 Å². The van der Waals surface area contributed by atoms with Gasteiger partial charge in [0.05, 0.1) is 0 Å². The van der Waals surface area contributed by atoms with E-state index in [1.165, 1.54) is 17.7 Å². The van der Waals surface area contributed by atoms with Crippen LogP contribution in [0.2, 0.25) is 0 Å². The zero-order valence-corrected chi connectivity index (χ0v) is 6.45. The largest absolute Gasteiger partial charge is 0.384 e. The lowest BCUT2D eigenvalue weighted by atomic mass is 10.2. The van der Waals surface area contributed by atoms with Crippen molar-refractivity contribution in [2.24, 2.45) is 0 Å². The molecule has 2 heteroatoms. The highest BCUT2D eigenvalue weighted by molar-refractivity contribution is 7.08. The summed E-state index contributed by atoms with van der Waals surface area (Å²) in [4.78, 5) is 0. The molecule has 10 heavy (non-hydrogen) atoms. The Bertz CT molecular complexity index is 236. The van der Waals surface area contributed by atoms with E-state index in [1.807, 2.05) is 0 Å². The molecular formula is C8H9NS. The Morgan fingerprint density at radius 3 is 3.10 bits per heavy atom. The summed E-state index contributed by atoms with van der Waals surface area (Å²) in [5.41, 5.74) is 2.64. The van der Waals surface area contributed by atoms with Crippen LogP contribution in [0.4, 0.5) is 0 Å². The first kappa shape index (κ1) is 5.98. The van der Waals surface area contributed by atoms with Crippen LogP contribution in [0.25, 0.3) is 5.70 Å².